The summed E-state index contributed by atoms with van der Waals surface area (Å²) in [6.07, 6.45) is 0. The smallest absolute Gasteiger partial charge is 0.154 e. The first-order valence-electron chi connectivity index (χ1n) is 7.06. The predicted octanol–water partition coefficient (Wildman–Crippen LogP) is 4.13. The Kier molecular flexibility index (Phi) is 2.57. The van der Waals surface area contributed by atoms with Crippen molar-refractivity contribution >= 4 is 0 Å². The molecule has 4 heteroatoms. The van der Waals surface area contributed by atoms with Crippen LogP contribution in [0.1, 0.15) is 16.8 Å². The van der Waals surface area contributed by atoms with E-state index in [0.29, 0.717) is 11.3 Å². The van der Waals surface area contributed by atoms with E-state index in [9.17, 15) is 0 Å². The summed E-state index contributed by atoms with van der Waals surface area (Å²) in [5, 5.41) is 13.7. The highest BCUT2D eigenvalue weighted by molar-refractivity contribution is 5.74. The molecule has 0 saturated carbocycles. The van der Waals surface area contributed by atoms with E-state index < -0.39 is 0 Å². The van der Waals surface area contributed by atoms with Crippen molar-refractivity contribution in [3.63, 3.8) is 0 Å². The van der Waals surface area contributed by atoms with Crippen LogP contribution in [0.4, 0.5) is 0 Å². The number of nitriles is 1. The van der Waals surface area contributed by atoms with Gasteiger partial charge in [-0.1, -0.05) is 11.6 Å². The van der Waals surface area contributed by atoms with Crippen LogP contribution in [0.3, 0.4) is 0 Å². The fourth-order valence-corrected chi connectivity index (χ4v) is 2.77. The lowest BCUT2D eigenvalue weighted by Crippen LogP contribution is -1.99. The minimum atomic E-state index is 0.569. The predicted molar refractivity (Wildman–Crippen MR) is 83.3 cm³/mol. The van der Waals surface area contributed by atoms with Gasteiger partial charge in [0.2, 0.25) is 0 Å². The van der Waals surface area contributed by atoms with Crippen LogP contribution in [0.25, 0.3) is 16.9 Å². The Bertz CT molecular complexity index is 947. The van der Waals surface area contributed by atoms with Gasteiger partial charge in [0, 0.05) is 11.6 Å². The van der Waals surface area contributed by atoms with Gasteiger partial charge >= 0.3 is 0 Å². The summed E-state index contributed by atoms with van der Waals surface area (Å²) in [5.74, 6) is 1.42. The van der Waals surface area contributed by atoms with Crippen molar-refractivity contribution in [3.8, 4) is 34.5 Å². The molecule has 0 aliphatic carbocycles. The van der Waals surface area contributed by atoms with Gasteiger partial charge in [0.1, 0.15) is 11.4 Å². The molecule has 0 spiro atoms. The molecule has 0 N–H and O–H groups in total. The number of fused-ring (bicyclic) bond motifs is 5. The average molecular weight is 287 g/mol. The monoisotopic (exact) mass is 287 g/mol. The summed E-state index contributed by atoms with van der Waals surface area (Å²) in [5.41, 5.74) is 5.53. The lowest BCUT2D eigenvalue weighted by molar-refractivity contribution is 0.484. The normalized spacial score (nSPS) is 11.5. The highest BCUT2D eigenvalue weighted by atomic mass is 16.5. The maximum absolute atomic E-state index is 9.11. The molecule has 1 aliphatic rings. The van der Waals surface area contributed by atoms with Gasteiger partial charge in [0.15, 0.2) is 5.75 Å². The van der Waals surface area contributed by atoms with Gasteiger partial charge in [0.05, 0.1) is 23.0 Å². The van der Waals surface area contributed by atoms with E-state index in [-0.39, 0.29) is 0 Å². The number of nitrogens with zero attached hydrogens (tertiary/aromatic N) is 3. The number of hydrogen-bond donors (Lipinski definition) is 0. The number of aryl methyl sites for hydroxylation is 2. The van der Waals surface area contributed by atoms with Crippen molar-refractivity contribution in [1.29, 1.82) is 5.26 Å². The molecule has 22 heavy (non-hydrogen) atoms. The van der Waals surface area contributed by atoms with Crippen LogP contribution < -0.4 is 4.74 Å². The summed E-state index contributed by atoms with van der Waals surface area (Å²) in [4.78, 5) is 0. The number of ether oxygens (including phenoxy) is 1. The van der Waals surface area contributed by atoms with Crippen LogP contribution in [-0.2, 0) is 0 Å². The van der Waals surface area contributed by atoms with E-state index in [2.05, 4.69) is 30.2 Å². The van der Waals surface area contributed by atoms with Crippen LogP contribution in [0.15, 0.2) is 42.5 Å². The molecule has 1 aliphatic heterocycles. The van der Waals surface area contributed by atoms with Gasteiger partial charge in [0.25, 0.3) is 0 Å². The van der Waals surface area contributed by atoms with Crippen LogP contribution in [0.5, 0.6) is 11.5 Å². The van der Waals surface area contributed by atoms with Crippen molar-refractivity contribution in [2.24, 2.45) is 0 Å². The lowest BCUT2D eigenvalue weighted by atomic mass is 10.1. The maximum Gasteiger partial charge on any atom is 0.154 e. The molecule has 4 rings (SSSR count). The standard InChI is InChI=1S/C18H13N3O/c1-11-3-6-17-14(7-11)16-8-12(2)20-21(16)15-5-4-13(10-19)9-18(15)22-17/h3-9H,1-2H3. The van der Waals surface area contributed by atoms with Gasteiger partial charge in [-0.15, -0.1) is 0 Å². The van der Waals surface area contributed by atoms with E-state index in [1.54, 1.807) is 12.1 Å². The molecule has 0 bridgehead atoms. The fourth-order valence-electron chi connectivity index (χ4n) is 2.77. The first kappa shape index (κ1) is 12.7. The molecule has 106 valence electrons. The Morgan fingerprint density at radius 3 is 2.73 bits per heavy atom. The first-order chi connectivity index (χ1) is 10.7. The second-order valence-corrected chi connectivity index (χ2v) is 5.48. The van der Waals surface area contributed by atoms with Crippen LogP contribution in [0, 0.1) is 25.2 Å². The summed E-state index contributed by atoms with van der Waals surface area (Å²) in [6, 6.07) is 15.7. The van der Waals surface area contributed by atoms with Gasteiger partial charge in [-0.25, -0.2) is 4.68 Å². The van der Waals surface area contributed by atoms with Crippen molar-refractivity contribution in [2.45, 2.75) is 13.8 Å². The molecular weight excluding hydrogens is 274 g/mol. The Labute approximate surface area is 128 Å². The summed E-state index contributed by atoms with van der Waals surface area (Å²) >= 11 is 0. The van der Waals surface area contributed by atoms with E-state index in [0.717, 1.165) is 34.0 Å². The van der Waals surface area contributed by atoms with Crippen molar-refractivity contribution < 1.29 is 4.74 Å². The molecule has 1 aromatic heterocycles. The van der Waals surface area contributed by atoms with Gasteiger partial charge < -0.3 is 4.74 Å². The first-order valence-corrected chi connectivity index (χ1v) is 7.06. The zero-order valence-corrected chi connectivity index (χ0v) is 12.3. The van der Waals surface area contributed by atoms with E-state index in [4.69, 9.17) is 10.00 Å². The SMILES string of the molecule is Cc1ccc2c(c1)-c1cc(C)nn1-c1ccc(C#N)cc1O2. The van der Waals surface area contributed by atoms with E-state index in [1.165, 1.54) is 0 Å². The second kappa shape index (κ2) is 4.47. The number of benzene rings is 2. The molecule has 2 heterocycles. The molecule has 0 saturated heterocycles. The van der Waals surface area contributed by atoms with Crippen molar-refractivity contribution in [1.82, 2.24) is 9.78 Å². The van der Waals surface area contributed by atoms with Gasteiger partial charge in [-0.2, -0.15) is 10.4 Å². The third kappa shape index (κ3) is 1.80. The van der Waals surface area contributed by atoms with E-state index >= 15 is 0 Å². The van der Waals surface area contributed by atoms with Gasteiger partial charge in [-0.3, -0.25) is 0 Å². The highest BCUT2D eigenvalue weighted by Gasteiger charge is 2.22. The van der Waals surface area contributed by atoms with E-state index in [1.807, 2.05) is 29.8 Å². The Morgan fingerprint density at radius 2 is 1.91 bits per heavy atom. The topological polar surface area (TPSA) is 50.8 Å². The fraction of sp³-hybridized carbons (Fsp3) is 0.111. The minimum Gasteiger partial charge on any atom is -0.454 e. The largest absolute Gasteiger partial charge is 0.454 e. The highest BCUT2D eigenvalue weighted by Crippen LogP contribution is 2.41. The second-order valence-electron chi connectivity index (χ2n) is 5.48. The maximum atomic E-state index is 9.11. The van der Waals surface area contributed by atoms with Crippen molar-refractivity contribution in [2.75, 3.05) is 0 Å². The Balaban J connectivity index is 2.08. The van der Waals surface area contributed by atoms with Crippen molar-refractivity contribution in [3.05, 3.63) is 59.3 Å². The molecule has 0 fully saturated rings. The third-order valence-corrected chi connectivity index (χ3v) is 3.78. The molecule has 0 atom stereocenters. The van der Waals surface area contributed by atoms with Crippen LogP contribution >= 0.6 is 0 Å². The molecule has 0 amide bonds. The molecule has 0 unspecified atom stereocenters. The minimum absolute atomic E-state index is 0.569. The molecular formula is C18H13N3O. The summed E-state index contributed by atoms with van der Waals surface area (Å²) in [6.45, 7) is 4.03. The quantitative estimate of drug-likeness (QED) is 0.488. The molecule has 2 aromatic carbocycles. The lowest BCUT2D eigenvalue weighted by Gasteiger charge is -2.09. The number of hydrogen-bond acceptors (Lipinski definition) is 3. The number of rotatable bonds is 0. The zero-order chi connectivity index (χ0) is 15.3. The van der Waals surface area contributed by atoms with Gasteiger partial charge in [-0.05, 0) is 44.2 Å². The zero-order valence-electron chi connectivity index (χ0n) is 12.3. The molecule has 0 radical (unpaired) electrons. The van der Waals surface area contributed by atoms with Crippen LogP contribution in [-0.4, -0.2) is 9.78 Å². The summed E-state index contributed by atoms with van der Waals surface area (Å²) < 4.78 is 7.95. The average Bonchev–Trinajstić information content (AvgIpc) is 2.85. The third-order valence-electron chi connectivity index (χ3n) is 3.78. The van der Waals surface area contributed by atoms with Crippen LogP contribution in [0.2, 0.25) is 0 Å². The Morgan fingerprint density at radius 1 is 1.05 bits per heavy atom. The number of aromatic nitrogens is 2. The molecule has 4 nitrogen and oxygen atoms in total. The molecule has 3 aromatic rings. The Hall–Kier alpha value is -3.06. The summed E-state index contributed by atoms with van der Waals surface area (Å²) in [7, 11) is 0.